The Labute approximate surface area is 128 Å². The third kappa shape index (κ3) is 3.67. The minimum atomic E-state index is 0.129. The van der Waals surface area contributed by atoms with Crippen LogP contribution in [0.4, 0.5) is 0 Å². The van der Waals surface area contributed by atoms with Crippen molar-refractivity contribution < 1.29 is 4.79 Å². The van der Waals surface area contributed by atoms with E-state index >= 15 is 0 Å². The Balaban J connectivity index is 1.61. The highest BCUT2D eigenvalue weighted by Crippen LogP contribution is 2.27. The Hall–Kier alpha value is -1.75. The Morgan fingerprint density at radius 2 is 2.10 bits per heavy atom. The molecule has 2 aromatic heterocycles. The summed E-state index contributed by atoms with van der Waals surface area (Å²) in [4.78, 5) is 20.8. The highest BCUT2D eigenvalue weighted by atomic mass is 32.1. The van der Waals surface area contributed by atoms with Crippen LogP contribution in [-0.4, -0.2) is 15.9 Å². The highest BCUT2D eigenvalue weighted by molar-refractivity contribution is 7.08. The molecule has 0 aromatic carbocycles. The van der Waals surface area contributed by atoms with Crippen LogP contribution in [0.5, 0.6) is 0 Å². The monoisotopic (exact) mass is 301 g/mol. The number of amides is 1. The lowest BCUT2D eigenvalue weighted by Crippen LogP contribution is -2.25. The zero-order chi connectivity index (χ0) is 14.5. The zero-order valence-corrected chi connectivity index (χ0v) is 12.7. The second-order valence-corrected chi connectivity index (χ2v) is 6.28. The summed E-state index contributed by atoms with van der Waals surface area (Å²) in [6.07, 6.45) is 8.94. The van der Waals surface area contributed by atoms with E-state index in [1.807, 2.05) is 16.8 Å². The molecule has 2 heterocycles. The molecule has 1 saturated carbocycles. The van der Waals surface area contributed by atoms with Crippen LogP contribution in [0.2, 0.25) is 0 Å². The van der Waals surface area contributed by atoms with Crippen molar-refractivity contribution in [2.24, 2.45) is 5.92 Å². The van der Waals surface area contributed by atoms with Crippen molar-refractivity contribution in [2.75, 3.05) is 0 Å². The Morgan fingerprint density at radius 3 is 2.86 bits per heavy atom. The minimum Gasteiger partial charge on any atom is -0.350 e. The van der Waals surface area contributed by atoms with Gasteiger partial charge < -0.3 is 5.32 Å². The number of hydrogen-bond donors (Lipinski definition) is 1. The van der Waals surface area contributed by atoms with E-state index in [4.69, 9.17) is 0 Å². The quantitative estimate of drug-likeness (QED) is 0.921. The SMILES string of the molecule is O=C(CC1CCCC1)NCc1nccnc1-c1ccsc1. The number of nitrogens with one attached hydrogen (secondary N) is 1. The van der Waals surface area contributed by atoms with E-state index in [9.17, 15) is 4.79 Å². The third-order valence-electron chi connectivity index (χ3n) is 3.97. The summed E-state index contributed by atoms with van der Waals surface area (Å²) in [5.41, 5.74) is 2.75. The summed E-state index contributed by atoms with van der Waals surface area (Å²) in [5.74, 6) is 0.701. The van der Waals surface area contributed by atoms with E-state index in [1.54, 1.807) is 23.7 Å². The molecule has 1 aliphatic rings. The lowest BCUT2D eigenvalue weighted by atomic mass is 10.0. The van der Waals surface area contributed by atoms with E-state index in [1.165, 1.54) is 25.7 Å². The molecule has 0 spiro atoms. The third-order valence-corrected chi connectivity index (χ3v) is 4.65. The maximum Gasteiger partial charge on any atom is 0.220 e. The molecule has 0 unspecified atom stereocenters. The minimum absolute atomic E-state index is 0.129. The van der Waals surface area contributed by atoms with Crippen LogP contribution in [0, 0.1) is 5.92 Å². The van der Waals surface area contributed by atoms with Crippen LogP contribution >= 0.6 is 11.3 Å². The number of aromatic nitrogens is 2. The average Bonchev–Trinajstić information content (AvgIpc) is 3.18. The molecular formula is C16H19N3OS. The van der Waals surface area contributed by atoms with Crippen LogP contribution in [0.15, 0.2) is 29.2 Å². The van der Waals surface area contributed by atoms with E-state index in [0.717, 1.165) is 17.0 Å². The molecule has 0 atom stereocenters. The summed E-state index contributed by atoms with van der Waals surface area (Å²) < 4.78 is 0. The second kappa shape index (κ2) is 6.80. The number of carbonyl (C=O) groups is 1. The smallest absolute Gasteiger partial charge is 0.220 e. The van der Waals surface area contributed by atoms with E-state index in [2.05, 4.69) is 15.3 Å². The van der Waals surface area contributed by atoms with Crippen molar-refractivity contribution in [3.8, 4) is 11.3 Å². The Kier molecular flexibility index (Phi) is 4.60. The molecule has 4 nitrogen and oxygen atoms in total. The largest absolute Gasteiger partial charge is 0.350 e. The fourth-order valence-corrected chi connectivity index (χ4v) is 3.51. The first-order valence-corrected chi connectivity index (χ1v) is 8.36. The fourth-order valence-electron chi connectivity index (χ4n) is 2.87. The fraction of sp³-hybridized carbons (Fsp3) is 0.438. The van der Waals surface area contributed by atoms with Gasteiger partial charge in [0, 0.05) is 29.8 Å². The van der Waals surface area contributed by atoms with Crippen molar-refractivity contribution in [2.45, 2.75) is 38.6 Å². The number of hydrogen-bond acceptors (Lipinski definition) is 4. The maximum absolute atomic E-state index is 12.0. The van der Waals surface area contributed by atoms with Gasteiger partial charge in [0.2, 0.25) is 5.91 Å². The number of thiophene rings is 1. The molecule has 0 bridgehead atoms. The van der Waals surface area contributed by atoms with Crippen molar-refractivity contribution in [1.29, 1.82) is 0 Å². The lowest BCUT2D eigenvalue weighted by Gasteiger charge is -2.10. The molecule has 1 amide bonds. The van der Waals surface area contributed by atoms with Gasteiger partial charge in [-0.15, -0.1) is 0 Å². The van der Waals surface area contributed by atoms with Crippen LogP contribution < -0.4 is 5.32 Å². The normalized spacial score (nSPS) is 15.2. The van der Waals surface area contributed by atoms with Gasteiger partial charge in [-0.2, -0.15) is 11.3 Å². The summed E-state index contributed by atoms with van der Waals surface area (Å²) in [6, 6.07) is 2.03. The van der Waals surface area contributed by atoms with Gasteiger partial charge in [0.1, 0.15) is 0 Å². The average molecular weight is 301 g/mol. The molecule has 1 N–H and O–H groups in total. The summed E-state index contributed by atoms with van der Waals surface area (Å²) in [7, 11) is 0. The molecule has 5 heteroatoms. The Bertz CT molecular complexity index is 591. The molecule has 3 rings (SSSR count). The van der Waals surface area contributed by atoms with E-state index in [-0.39, 0.29) is 5.91 Å². The molecule has 1 fully saturated rings. The molecule has 0 saturated heterocycles. The molecule has 21 heavy (non-hydrogen) atoms. The van der Waals surface area contributed by atoms with Crippen LogP contribution in [0.3, 0.4) is 0 Å². The van der Waals surface area contributed by atoms with Crippen molar-refractivity contribution in [1.82, 2.24) is 15.3 Å². The van der Waals surface area contributed by atoms with Crippen molar-refractivity contribution in [3.05, 3.63) is 34.9 Å². The second-order valence-electron chi connectivity index (χ2n) is 5.50. The van der Waals surface area contributed by atoms with Gasteiger partial charge in [-0.05, 0) is 30.2 Å². The highest BCUT2D eigenvalue weighted by Gasteiger charge is 2.18. The first-order valence-electron chi connectivity index (χ1n) is 7.42. The van der Waals surface area contributed by atoms with Gasteiger partial charge in [-0.3, -0.25) is 14.8 Å². The van der Waals surface area contributed by atoms with E-state index in [0.29, 0.717) is 18.9 Å². The van der Waals surface area contributed by atoms with Crippen molar-refractivity contribution in [3.63, 3.8) is 0 Å². The van der Waals surface area contributed by atoms with Gasteiger partial charge >= 0.3 is 0 Å². The summed E-state index contributed by atoms with van der Waals surface area (Å²) in [5, 5.41) is 7.06. The lowest BCUT2D eigenvalue weighted by molar-refractivity contribution is -0.122. The predicted octanol–water partition coefficient (Wildman–Crippen LogP) is 3.40. The zero-order valence-electron chi connectivity index (χ0n) is 11.9. The first kappa shape index (κ1) is 14.2. The van der Waals surface area contributed by atoms with Crippen LogP contribution in [0.25, 0.3) is 11.3 Å². The molecular weight excluding hydrogens is 282 g/mol. The number of nitrogens with zero attached hydrogens (tertiary/aromatic N) is 2. The number of rotatable bonds is 5. The maximum atomic E-state index is 12.0. The predicted molar refractivity (Wildman–Crippen MR) is 83.8 cm³/mol. The van der Waals surface area contributed by atoms with Crippen LogP contribution in [-0.2, 0) is 11.3 Å². The molecule has 0 radical (unpaired) electrons. The summed E-state index contributed by atoms with van der Waals surface area (Å²) in [6.45, 7) is 0.449. The van der Waals surface area contributed by atoms with Gasteiger partial charge in [0.25, 0.3) is 0 Å². The number of carbonyl (C=O) groups excluding carboxylic acids is 1. The molecule has 2 aromatic rings. The topological polar surface area (TPSA) is 54.9 Å². The van der Waals surface area contributed by atoms with Crippen molar-refractivity contribution >= 4 is 17.2 Å². The van der Waals surface area contributed by atoms with Gasteiger partial charge in [0.05, 0.1) is 17.9 Å². The van der Waals surface area contributed by atoms with Gasteiger partial charge in [0.15, 0.2) is 0 Å². The Morgan fingerprint density at radius 1 is 1.29 bits per heavy atom. The molecule has 0 aliphatic heterocycles. The summed E-state index contributed by atoms with van der Waals surface area (Å²) >= 11 is 1.63. The molecule has 1 aliphatic carbocycles. The van der Waals surface area contributed by atoms with Crippen LogP contribution in [0.1, 0.15) is 37.8 Å². The van der Waals surface area contributed by atoms with E-state index < -0.39 is 0 Å². The standard InChI is InChI=1S/C16H19N3OS/c20-15(9-12-3-1-2-4-12)19-10-14-16(18-7-6-17-14)13-5-8-21-11-13/h5-8,11-12H,1-4,9-10H2,(H,19,20). The first-order chi connectivity index (χ1) is 10.3. The molecule has 110 valence electrons. The van der Waals surface area contributed by atoms with Gasteiger partial charge in [-0.1, -0.05) is 12.8 Å². The van der Waals surface area contributed by atoms with Gasteiger partial charge in [-0.25, -0.2) is 0 Å².